The molecular weight excluding hydrogens is 384 g/mol. The summed E-state index contributed by atoms with van der Waals surface area (Å²) in [5, 5.41) is 3.77. The lowest BCUT2D eigenvalue weighted by atomic mass is 9.80. The molecule has 170 valence electrons. The Morgan fingerprint density at radius 2 is 1.97 bits per heavy atom. The molecule has 0 spiro atoms. The summed E-state index contributed by atoms with van der Waals surface area (Å²) in [7, 11) is 3.21. The first-order chi connectivity index (χ1) is 14.5. The van der Waals surface area contributed by atoms with Crippen molar-refractivity contribution in [2.24, 2.45) is 23.5 Å². The quantitative estimate of drug-likeness (QED) is 0.531. The maximum absolute atomic E-state index is 13.3. The molecule has 0 aromatic rings. The zero-order valence-corrected chi connectivity index (χ0v) is 18.5. The van der Waals surface area contributed by atoms with Gasteiger partial charge in [0.15, 0.2) is 12.3 Å². The van der Waals surface area contributed by atoms with Gasteiger partial charge in [-0.25, -0.2) is 5.32 Å². The van der Waals surface area contributed by atoms with E-state index in [0.29, 0.717) is 18.4 Å². The molecule has 8 nitrogen and oxygen atoms in total. The van der Waals surface area contributed by atoms with Crippen molar-refractivity contribution in [3.05, 3.63) is 0 Å². The normalized spacial score (nSPS) is 41.7. The van der Waals surface area contributed by atoms with Gasteiger partial charge in [0.25, 0.3) is 0 Å². The van der Waals surface area contributed by atoms with Gasteiger partial charge in [0, 0.05) is 13.7 Å². The van der Waals surface area contributed by atoms with Crippen molar-refractivity contribution in [2.75, 3.05) is 27.3 Å². The summed E-state index contributed by atoms with van der Waals surface area (Å²) in [6.45, 7) is 1.69. The Hall–Kier alpha value is -1.22. The summed E-state index contributed by atoms with van der Waals surface area (Å²) in [5.41, 5.74) is 6.66. The highest BCUT2D eigenvalue weighted by molar-refractivity contribution is 5.82. The molecule has 4 aliphatic rings. The molecule has 3 heterocycles. The molecule has 8 heteroatoms. The zero-order valence-electron chi connectivity index (χ0n) is 18.5. The maximum atomic E-state index is 13.3. The fraction of sp³-hybridized carbons (Fsp3) is 0.909. The summed E-state index contributed by atoms with van der Waals surface area (Å²) in [6.07, 6.45) is 9.51. The van der Waals surface area contributed by atoms with E-state index in [1.165, 1.54) is 20.0 Å². The van der Waals surface area contributed by atoms with Gasteiger partial charge in [0.05, 0.1) is 25.9 Å². The monoisotopic (exact) mass is 423 g/mol. The number of quaternary nitrogens is 1. The van der Waals surface area contributed by atoms with Crippen LogP contribution in [0, 0.1) is 17.8 Å². The van der Waals surface area contributed by atoms with E-state index in [4.69, 9.17) is 15.2 Å². The summed E-state index contributed by atoms with van der Waals surface area (Å²) >= 11 is 0. The Morgan fingerprint density at radius 1 is 1.20 bits per heavy atom. The number of ether oxygens (including phenoxy) is 2. The van der Waals surface area contributed by atoms with Crippen molar-refractivity contribution in [3.8, 4) is 0 Å². The van der Waals surface area contributed by atoms with Crippen molar-refractivity contribution in [3.63, 3.8) is 0 Å². The van der Waals surface area contributed by atoms with Gasteiger partial charge in [-0.05, 0) is 63.7 Å². The minimum atomic E-state index is -0.428. The molecule has 0 aromatic heterocycles. The summed E-state index contributed by atoms with van der Waals surface area (Å²) in [4.78, 5) is 29.0. The second-order valence-corrected chi connectivity index (χ2v) is 9.68. The van der Waals surface area contributed by atoms with Crippen molar-refractivity contribution in [2.45, 2.75) is 82.4 Å². The molecule has 0 aromatic carbocycles. The van der Waals surface area contributed by atoms with Crippen LogP contribution in [-0.2, 0) is 19.1 Å². The van der Waals surface area contributed by atoms with E-state index in [-0.39, 0.29) is 36.3 Å². The molecule has 0 radical (unpaired) electrons. The van der Waals surface area contributed by atoms with Gasteiger partial charge in [0.2, 0.25) is 5.91 Å². The van der Waals surface area contributed by atoms with Crippen molar-refractivity contribution < 1.29 is 24.0 Å². The predicted molar refractivity (Wildman–Crippen MR) is 111 cm³/mol. The molecule has 3 saturated heterocycles. The van der Waals surface area contributed by atoms with E-state index in [1.807, 2.05) is 4.90 Å². The maximum Gasteiger partial charge on any atom is 0.316 e. The van der Waals surface area contributed by atoms with Crippen LogP contribution in [0.25, 0.3) is 0 Å². The number of hydrogen-bond acceptors (Lipinski definition) is 6. The largest absolute Gasteiger partial charge is 0.469 e. The first-order valence-corrected chi connectivity index (χ1v) is 11.8. The highest BCUT2D eigenvalue weighted by atomic mass is 16.5. The first kappa shape index (κ1) is 22.0. The molecule has 30 heavy (non-hydrogen) atoms. The number of likely N-dealkylation sites (tertiary alicyclic amines) is 1. The second kappa shape index (κ2) is 9.51. The average Bonchev–Trinajstić information content (AvgIpc) is 2.78. The van der Waals surface area contributed by atoms with Crippen LogP contribution in [0.3, 0.4) is 0 Å². The number of amides is 1. The summed E-state index contributed by atoms with van der Waals surface area (Å²) in [6, 6.07) is 0. The first-order valence-electron chi connectivity index (χ1n) is 11.8. The van der Waals surface area contributed by atoms with Crippen LogP contribution < -0.4 is 16.0 Å². The number of hydrogen-bond donors (Lipinski definition) is 3. The average molecular weight is 424 g/mol. The van der Waals surface area contributed by atoms with E-state index in [2.05, 4.69) is 5.32 Å². The van der Waals surface area contributed by atoms with Gasteiger partial charge in [-0.2, -0.15) is 0 Å². The SMILES string of the molecule is COC(=O)C1CC2C(=O)N3CCCCC3NC2[NH+](CCC2CCC(OC)CC2)C1N. The van der Waals surface area contributed by atoms with E-state index in [9.17, 15) is 9.59 Å². The van der Waals surface area contributed by atoms with Gasteiger partial charge in [0.1, 0.15) is 11.8 Å². The molecule has 1 aliphatic carbocycles. The Labute approximate surface area is 179 Å². The van der Waals surface area contributed by atoms with Gasteiger partial charge in [-0.3, -0.25) is 15.3 Å². The molecule has 0 bridgehead atoms. The van der Waals surface area contributed by atoms with E-state index in [0.717, 1.165) is 56.5 Å². The molecule has 1 saturated carbocycles. The topological polar surface area (TPSA) is 98.3 Å². The van der Waals surface area contributed by atoms with Gasteiger partial charge in [-0.15, -0.1) is 0 Å². The number of nitrogens with zero attached hydrogens (tertiary/aromatic N) is 1. The van der Waals surface area contributed by atoms with Crippen molar-refractivity contribution >= 4 is 11.9 Å². The standard InChI is InChI=1S/C22H38N4O4/c1-29-15-8-6-14(7-9-15)10-12-26-19(23)16(22(28)30-2)13-17-20(26)24-18-5-3-4-11-25(18)21(17)27/h14-20,24H,3-13,23H2,1-2H3/p+1. The zero-order chi connectivity index (χ0) is 21.3. The van der Waals surface area contributed by atoms with Crippen LogP contribution in [0.15, 0.2) is 0 Å². The number of esters is 1. The molecular formula is C22H39N4O4+. The number of nitrogens with one attached hydrogen (secondary N) is 2. The molecule has 4 fully saturated rings. The molecule has 6 atom stereocenters. The number of nitrogens with two attached hydrogens (primary N) is 1. The second-order valence-electron chi connectivity index (χ2n) is 9.68. The number of methoxy groups -OCH3 is 2. The van der Waals surface area contributed by atoms with Crippen LogP contribution in [-0.4, -0.2) is 68.7 Å². The number of carbonyl (C=O) groups excluding carboxylic acids is 2. The van der Waals surface area contributed by atoms with Gasteiger partial charge >= 0.3 is 5.97 Å². The van der Waals surface area contributed by atoms with Gasteiger partial charge < -0.3 is 19.3 Å². The minimum absolute atomic E-state index is 0.0110. The number of piperidine rings is 2. The lowest BCUT2D eigenvalue weighted by Crippen LogP contribution is -3.26. The fourth-order valence-electron chi connectivity index (χ4n) is 6.28. The smallest absolute Gasteiger partial charge is 0.316 e. The highest BCUT2D eigenvalue weighted by Crippen LogP contribution is 2.31. The van der Waals surface area contributed by atoms with Crippen LogP contribution in [0.2, 0.25) is 0 Å². The van der Waals surface area contributed by atoms with Crippen LogP contribution in [0.4, 0.5) is 0 Å². The van der Waals surface area contributed by atoms with E-state index in [1.54, 1.807) is 7.11 Å². The molecule has 3 aliphatic heterocycles. The van der Waals surface area contributed by atoms with Crippen LogP contribution in [0.5, 0.6) is 0 Å². The van der Waals surface area contributed by atoms with Crippen molar-refractivity contribution in [1.82, 2.24) is 10.2 Å². The number of carbonyl (C=O) groups is 2. The van der Waals surface area contributed by atoms with E-state index < -0.39 is 5.92 Å². The lowest BCUT2D eigenvalue weighted by Gasteiger charge is -2.52. The fourth-order valence-corrected chi connectivity index (χ4v) is 6.28. The predicted octanol–water partition coefficient (Wildman–Crippen LogP) is -0.172. The van der Waals surface area contributed by atoms with E-state index >= 15 is 0 Å². The molecule has 6 unspecified atom stereocenters. The molecule has 1 amide bonds. The highest BCUT2D eigenvalue weighted by Gasteiger charge is 2.55. The third-order valence-electron chi connectivity index (χ3n) is 8.12. The third-order valence-corrected chi connectivity index (χ3v) is 8.12. The summed E-state index contributed by atoms with van der Waals surface area (Å²) in [5.74, 6) is -0.0569. The summed E-state index contributed by atoms with van der Waals surface area (Å²) < 4.78 is 10.6. The Kier molecular flexibility index (Phi) is 6.97. The number of fused-ring (bicyclic) bond motifs is 2. The van der Waals surface area contributed by atoms with Crippen molar-refractivity contribution in [1.29, 1.82) is 0 Å². The number of rotatable bonds is 5. The molecule has 4 N–H and O–H groups in total. The Bertz CT molecular complexity index is 624. The third kappa shape index (κ3) is 4.24. The minimum Gasteiger partial charge on any atom is -0.469 e. The lowest BCUT2D eigenvalue weighted by molar-refractivity contribution is -0.965. The Balaban J connectivity index is 1.48. The van der Waals surface area contributed by atoms with Crippen LogP contribution in [0.1, 0.15) is 57.8 Å². The Morgan fingerprint density at radius 3 is 2.67 bits per heavy atom. The molecule has 4 rings (SSSR count). The van der Waals surface area contributed by atoms with Gasteiger partial charge in [-0.1, -0.05) is 0 Å². The van der Waals surface area contributed by atoms with Crippen LogP contribution >= 0.6 is 0 Å².